The van der Waals surface area contributed by atoms with Crippen LogP contribution in [0.15, 0.2) is 0 Å². The van der Waals surface area contributed by atoms with Gasteiger partial charge in [-0.2, -0.15) is 0 Å². The molecule has 146 valence electrons. The lowest BCUT2D eigenvalue weighted by molar-refractivity contribution is -0.00517. The first kappa shape index (κ1) is 19.6. The highest BCUT2D eigenvalue weighted by molar-refractivity contribution is 4.91. The van der Waals surface area contributed by atoms with E-state index < -0.39 is 0 Å². The summed E-state index contributed by atoms with van der Waals surface area (Å²) in [7, 11) is 0. The molecule has 0 aromatic heterocycles. The van der Waals surface area contributed by atoms with Crippen molar-refractivity contribution in [2.75, 3.05) is 32.7 Å². The van der Waals surface area contributed by atoms with Gasteiger partial charge in [-0.25, -0.2) is 0 Å². The van der Waals surface area contributed by atoms with Crippen LogP contribution in [0.3, 0.4) is 0 Å². The maximum atomic E-state index is 2.87. The molecule has 1 saturated carbocycles. The van der Waals surface area contributed by atoms with Crippen LogP contribution in [0, 0.1) is 11.8 Å². The quantitative estimate of drug-likeness (QED) is 0.757. The highest BCUT2D eigenvalue weighted by atomic mass is 15.3. The second kappa shape index (κ2) is 8.71. The van der Waals surface area contributed by atoms with Gasteiger partial charge >= 0.3 is 0 Å². The molecule has 0 radical (unpaired) electrons. The predicted molar refractivity (Wildman–Crippen MR) is 108 cm³/mol. The fourth-order valence-electron chi connectivity index (χ4n) is 5.74. The van der Waals surface area contributed by atoms with E-state index >= 15 is 0 Å². The highest BCUT2D eigenvalue weighted by Gasteiger charge is 2.35. The summed E-state index contributed by atoms with van der Waals surface area (Å²) in [5.41, 5.74) is 0. The molecule has 3 nitrogen and oxygen atoms in total. The molecule has 0 unspecified atom stereocenters. The van der Waals surface area contributed by atoms with Crippen LogP contribution in [0.1, 0.15) is 73.1 Å². The fraction of sp³-hybridized carbons (Fsp3) is 1.00. The van der Waals surface area contributed by atoms with Crippen molar-refractivity contribution in [3.05, 3.63) is 0 Å². The van der Waals surface area contributed by atoms with Crippen molar-refractivity contribution in [1.82, 2.24) is 14.7 Å². The maximum Gasteiger partial charge on any atom is 0.0198 e. The summed E-state index contributed by atoms with van der Waals surface area (Å²) in [5, 5.41) is 0. The number of piperazine rings is 1. The third kappa shape index (κ3) is 4.78. The van der Waals surface area contributed by atoms with Crippen LogP contribution < -0.4 is 0 Å². The minimum absolute atomic E-state index is 0.720. The van der Waals surface area contributed by atoms with Crippen LogP contribution in [-0.4, -0.2) is 71.6 Å². The zero-order valence-electron chi connectivity index (χ0n) is 17.6. The summed E-state index contributed by atoms with van der Waals surface area (Å²) < 4.78 is 0. The lowest BCUT2D eigenvalue weighted by Crippen LogP contribution is -2.59. The lowest BCUT2D eigenvalue weighted by atomic mass is 9.79. The molecule has 25 heavy (non-hydrogen) atoms. The van der Waals surface area contributed by atoms with Crippen molar-refractivity contribution in [2.24, 2.45) is 11.8 Å². The van der Waals surface area contributed by atoms with Crippen molar-refractivity contribution >= 4 is 0 Å². The third-order valence-electron chi connectivity index (χ3n) is 7.61. The number of rotatable bonds is 4. The zero-order valence-corrected chi connectivity index (χ0v) is 17.6. The van der Waals surface area contributed by atoms with E-state index in [0.717, 1.165) is 36.0 Å². The molecule has 0 amide bonds. The van der Waals surface area contributed by atoms with Crippen LogP contribution >= 0.6 is 0 Å². The molecule has 0 spiro atoms. The van der Waals surface area contributed by atoms with E-state index in [0.29, 0.717) is 0 Å². The molecule has 3 rings (SSSR count). The van der Waals surface area contributed by atoms with Gasteiger partial charge in [0, 0.05) is 43.8 Å². The van der Waals surface area contributed by atoms with Crippen LogP contribution in [0.5, 0.6) is 0 Å². The van der Waals surface area contributed by atoms with Crippen LogP contribution in [0.4, 0.5) is 0 Å². The van der Waals surface area contributed by atoms with Crippen molar-refractivity contribution < 1.29 is 0 Å². The van der Waals surface area contributed by atoms with E-state index in [1.54, 1.807) is 0 Å². The Kier molecular flexibility index (Phi) is 6.84. The molecule has 0 bridgehead atoms. The SMILES string of the molecule is CC(C)C1CCC(N2CCN(C3CCN(C(C)C)CC3)C[C@@H]2C)CC1. The number of hydrogen-bond donors (Lipinski definition) is 0. The molecular weight excluding hydrogens is 306 g/mol. The molecule has 0 aromatic rings. The Bertz CT molecular complexity index is 392. The van der Waals surface area contributed by atoms with Crippen LogP contribution in [0.25, 0.3) is 0 Å². The first-order valence-electron chi connectivity index (χ1n) is 11.2. The summed E-state index contributed by atoms with van der Waals surface area (Å²) in [6, 6.07) is 3.18. The second-order valence-electron chi connectivity index (χ2n) is 9.76. The van der Waals surface area contributed by atoms with Gasteiger partial charge in [0.05, 0.1) is 0 Å². The number of piperidine rings is 1. The Labute approximate surface area is 157 Å². The van der Waals surface area contributed by atoms with Gasteiger partial charge in [0.25, 0.3) is 0 Å². The van der Waals surface area contributed by atoms with Crippen molar-refractivity contribution in [3.63, 3.8) is 0 Å². The molecule has 2 saturated heterocycles. The zero-order chi connectivity index (χ0) is 18.0. The Morgan fingerprint density at radius 3 is 1.88 bits per heavy atom. The molecule has 2 aliphatic heterocycles. The second-order valence-corrected chi connectivity index (χ2v) is 9.76. The third-order valence-corrected chi connectivity index (χ3v) is 7.61. The topological polar surface area (TPSA) is 9.72 Å². The van der Waals surface area contributed by atoms with Crippen molar-refractivity contribution in [1.29, 1.82) is 0 Å². The number of likely N-dealkylation sites (tertiary alicyclic amines) is 1. The smallest absolute Gasteiger partial charge is 0.0198 e. The van der Waals surface area contributed by atoms with Gasteiger partial charge in [0.15, 0.2) is 0 Å². The molecule has 1 atom stereocenters. The van der Waals surface area contributed by atoms with Crippen LogP contribution in [-0.2, 0) is 0 Å². The van der Waals surface area contributed by atoms with Gasteiger partial charge in [0.1, 0.15) is 0 Å². The molecule has 3 fully saturated rings. The predicted octanol–water partition coefficient (Wildman–Crippen LogP) is 4.08. The largest absolute Gasteiger partial charge is 0.301 e. The van der Waals surface area contributed by atoms with E-state index in [2.05, 4.69) is 49.3 Å². The van der Waals surface area contributed by atoms with Gasteiger partial charge in [-0.3, -0.25) is 9.80 Å². The van der Waals surface area contributed by atoms with Crippen LogP contribution in [0.2, 0.25) is 0 Å². The Balaban J connectivity index is 1.45. The average Bonchev–Trinajstić information content (AvgIpc) is 2.62. The highest BCUT2D eigenvalue weighted by Crippen LogP contribution is 2.34. The first-order valence-corrected chi connectivity index (χ1v) is 11.2. The summed E-state index contributed by atoms with van der Waals surface area (Å²) in [4.78, 5) is 8.36. The molecule has 1 aliphatic carbocycles. The first-order chi connectivity index (χ1) is 12.0. The summed E-state index contributed by atoms with van der Waals surface area (Å²) in [6.45, 7) is 18.5. The summed E-state index contributed by atoms with van der Waals surface area (Å²) in [6.07, 6.45) is 8.57. The normalized spacial score (nSPS) is 34.9. The molecular formula is C22H43N3. The van der Waals surface area contributed by atoms with E-state index in [1.165, 1.54) is 71.2 Å². The standard InChI is InChI=1S/C22H43N3/c1-17(2)20-6-8-22(9-7-20)25-15-14-24(16-19(25)5)21-10-12-23(13-11-21)18(3)4/h17-22H,6-16H2,1-5H3/t19-,20?,22?/m0/s1. The average molecular weight is 350 g/mol. The maximum absolute atomic E-state index is 2.87. The van der Waals surface area contributed by atoms with Gasteiger partial charge in [-0.1, -0.05) is 13.8 Å². The number of hydrogen-bond acceptors (Lipinski definition) is 3. The molecule has 3 aliphatic rings. The minimum atomic E-state index is 0.720. The van der Waals surface area contributed by atoms with Crippen molar-refractivity contribution in [2.45, 2.75) is 97.3 Å². The van der Waals surface area contributed by atoms with Gasteiger partial charge in [0.2, 0.25) is 0 Å². The van der Waals surface area contributed by atoms with E-state index in [4.69, 9.17) is 0 Å². The summed E-state index contributed by atoms with van der Waals surface area (Å²) in [5.74, 6) is 1.87. The Hall–Kier alpha value is -0.120. The van der Waals surface area contributed by atoms with E-state index in [-0.39, 0.29) is 0 Å². The van der Waals surface area contributed by atoms with Crippen molar-refractivity contribution in [3.8, 4) is 0 Å². The monoisotopic (exact) mass is 349 g/mol. The summed E-state index contributed by atoms with van der Waals surface area (Å²) >= 11 is 0. The minimum Gasteiger partial charge on any atom is -0.301 e. The molecule has 0 N–H and O–H groups in total. The molecule has 2 heterocycles. The molecule has 3 heteroatoms. The van der Waals surface area contributed by atoms with Gasteiger partial charge in [-0.05, 0) is 84.2 Å². The molecule has 0 aromatic carbocycles. The van der Waals surface area contributed by atoms with Gasteiger partial charge < -0.3 is 4.90 Å². The Morgan fingerprint density at radius 1 is 0.720 bits per heavy atom. The lowest BCUT2D eigenvalue weighted by Gasteiger charge is -2.49. The van der Waals surface area contributed by atoms with Gasteiger partial charge in [-0.15, -0.1) is 0 Å². The Morgan fingerprint density at radius 2 is 1.36 bits per heavy atom. The number of nitrogens with zero attached hydrogens (tertiary/aromatic N) is 3. The van der Waals surface area contributed by atoms with E-state index in [9.17, 15) is 0 Å². The fourth-order valence-corrected chi connectivity index (χ4v) is 5.74. The van der Waals surface area contributed by atoms with E-state index in [1.807, 2.05) is 0 Å².